The van der Waals surface area contributed by atoms with Crippen LogP contribution in [-0.4, -0.2) is 53.0 Å². The highest BCUT2D eigenvalue weighted by atomic mass is 32.1. The van der Waals surface area contributed by atoms with Crippen molar-refractivity contribution < 1.29 is 9.53 Å². The molecule has 7 heteroatoms. The van der Waals surface area contributed by atoms with Crippen LogP contribution in [0.2, 0.25) is 0 Å². The molecule has 120 valence electrons. The predicted octanol–water partition coefficient (Wildman–Crippen LogP) is 2.63. The molecule has 1 atom stereocenters. The number of anilines is 1. The number of piperazine rings is 1. The van der Waals surface area contributed by atoms with Crippen molar-refractivity contribution >= 4 is 22.6 Å². The molecule has 0 radical (unpaired) electrons. The van der Waals surface area contributed by atoms with Gasteiger partial charge in [-0.1, -0.05) is 48.6 Å². The van der Waals surface area contributed by atoms with Crippen molar-refractivity contribution in [2.45, 2.75) is 18.9 Å². The van der Waals surface area contributed by atoms with E-state index in [1.165, 1.54) is 0 Å². The summed E-state index contributed by atoms with van der Waals surface area (Å²) in [5.41, 5.74) is 0.855. The molecule has 23 heavy (non-hydrogen) atoms. The van der Waals surface area contributed by atoms with Gasteiger partial charge in [0, 0.05) is 25.2 Å². The van der Waals surface area contributed by atoms with Crippen LogP contribution in [0.25, 0.3) is 10.6 Å². The molecule has 1 amide bonds. The third-order valence-corrected chi connectivity index (χ3v) is 5.73. The summed E-state index contributed by atoms with van der Waals surface area (Å²) in [6.45, 7) is 4.75. The fourth-order valence-corrected chi connectivity index (χ4v) is 4.14. The Bertz CT molecular complexity index is 720. The zero-order valence-corrected chi connectivity index (χ0v) is 13.8. The maximum absolute atomic E-state index is 11.9. The van der Waals surface area contributed by atoms with E-state index in [2.05, 4.69) is 22.0 Å². The lowest BCUT2D eigenvalue weighted by Gasteiger charge is -2.43. The van der Waals surface area contributed by atoms with Crippen molar-refractivity contribution in [3.63, 3.8) is 0 Å². The van der Waals surface area contributed by atoms with Crippen molar-refractivity contribution in [1.82, 2.24) is 15.1 Å². The Labute approximate surface area is 138 Å². The van der Waals surface area contributed by atoms with Gasteiger partial charge in [0.05, 0.1) is 5.54 Å². The Kier molecular flexibility index (Phi) is 3.45. The monoisotopic (exact) mass is 330 g/mol. The molecular formula is C16H18N4O2S. The van der Waals surface area contributed by atoms with Crippen LogP contribution in [-0.2, 0) is 4.74 Å². The largest absolute Gasteiger partial charge is 0.447 e. The molecule has 2 aromatic rings. The number of benzene rings is 1. The number of amides is 1. The van der Waals surface area contributed by atoms with Crippen molar-refractivity contribution in [1.29, 1.82) is 0 Å². The van der Waals surface area contributed by atoms with Crippen LogP contribution >= 0.6 is 11.3 Å². The number of hydrogen-bond donors (Lipinski definition) is 0. The summed E-state index contributed by atoms with van der Waals surface area (Å²) in [6, 6.07) is 10.1. The predicted molar refractivity (Wildman–Crippen MR) is 88.6 cm³/mol. The van der Waals surface area contributed by atoms with Crippen LogP contribution in [0.15, 0.2) is 30.3 Å². The Hall–Kier alpha value is -2.15. The zero-order valence-electron chi connectivity index (χ0n) is 12.9. The second-order valence-corrected chi connectivity index (χ2v) is 6.92. The van der Waals surface area contributed by atoms with Crippen molar-refractivity contribution in [3.8, 4) is 10.6 Å². The Morgan fingerprint density at radius 3 is 2.87 bits per heavy atom. The van der Waals surface area contributed by atoms with Gasteiger partial charge < -0.3 is 9.64 Å². The molecule has 2 aliphatic rings. The van der Waals surface area contributed by atoms with Gasteiger partial charge in [-0.05, 0) is 6.42 Å². The summed E-state index contributed by atoms with van der Waals surface area (Å²) in [6.07, 6.45) is 0.688. The lowest BCUT2D eigenvalue weighted by atomic mass is 9.93. The first-order valence-corrected chi connectivity index (χ1v) is 8.62. The van der Waals surface area contributed by atoms with E-state index < -0.39 is 0 Å². The minimum Gasteiger partial charge on any atom is -0.447 e. The number of ether oxygens (including phenoxy) is 1. The van der Waals surface area contributed by atoms with E-state index in [1.54, 1.807) is 11.3 Å². The highest BCUT2D eigenvalue weighted by Gasteiger charge is 2.50. The van der Waals surface area contributed by atoms with Crippen LogP contribution in [0.5, 0.6) is 0 Å². The smallest absolute Gasteiger partial charge is 0.410 e. The van der Waals surface area contributed by atoms with Crippen molar-refractivity contribution in [2.75, 3.05) is 31.1 Å². The summed E-state index contributed by atoms with van der Waals surface area (Å²) in [4.78, 5) is 16.0. The standard InChI is InChI=1S/C16H18N4O2S/c1-2-16-10-19(8-9-20(16)15(21)22-11-16)14-18-17-13(23-14)12-6-4-3-5-7-12/h3-7H,2,8-11H2,1H3. The topological polar surface area (TPSA) is 58.6 Å². The first-order chi connectivity index (χ1) is 11.2. The zero-order chi connectivity index (χ0) is 15.9. The summed E-state index contributed by atoms with van der Waals surface area (Å²) in [5.74, 6) is 0. The Morgan fingerprint density at radius 2 is 2.09 bits per heavy atom. The number of nitrogens with zero attached hydrogens (tertiary/aromatic N) is 4. The van der Waals surface area contributed by atoms with Crippen LogP contribution in [0, 0.1) is 0 Å². The summed E-state index contributed by atoms with van der Waals surface area (Å²) in [5, 5.41) is 10.5. The first kappa shape index (κ1) is 14.4. The number of fused-ring (bicyclic) bond motifs is 1. The second-order valence-electron chi connectivity index (χ2n) is 5.96. The number of cyclic esters (lactones) is 1. The van der Waals surface area contributed by atoms with E-state index in [0.29, 0.717) is 13.2 Å². The quantitative estimate of drug-likeness (QED) is 0.866. The Morgan fingerprint density at radius 1 is 1.26 bits per heavy atom. The Balaban J connectivity index is 1.58. The van der Waals surface area contributed by atoms with Crippen molar-refractivity contribution in [2.24, 2.45) is 0 Å². The second kappa shape index (κ2) is 5.49. The molecule has 2 aliphatic heterocycles. The molecule has 4 rings (SSSR count). The first-order valence-electron chi connectivity index (χ1n) is 7.80. The third kappa shape index (κ3) is 2.35. The van der Waals surface area contributed by atoms with Crippen LogP contribution in [0.3, 0.4) is 0 Å². The molecule has 1 unspecified atom stereocenters. The summed E-state index contributed by atoms with van der Waals surface area (Å²) in [7, 11) is 0. The average Bonchev–Trinajstić information content (AvgIpc) is 3.21. The minimum absolute atomic E-state index is 0.186. The highest BCUT2D eigenvalue weighted by molar-refractivity contribution is 7.18. The molecule has 3 heterocycles. The van der Waals surface area contributed by atoms with Gasteiger partial charge in [-0.3, -0.25) is 4.90 Å². The normalized spacial score (nSPS) is 23.8. The maximum Gasteiger partial charge on any atom is 0.410 e. The molecule has 2 saturated heterocycles. The van der Waals surface area contributed by atoms with Crippen LogP contribution in [0.4, 0.5) is 9.93 Å². The fourth-order valence-electron chi connectivity index (χ4n) is 3.27. The van der Waals surface area contributed by atoms with Gasteiger partial charge in [0.2, 0.25) is 5.13 Å². The lowest BCUT2D eigenvalue weighted by molar-refractivity contribution is 0.137. The van der Waals surface area contributed by atoms with Crippen LogP contribution < -0.4 is 4.90 Å². The third-order valence-electron chi connectivity index (χ3n) is 4.70. The number of carbonyl (C=O) groups is 1. The van der Waals surface area contributed by atoms with E-state index in [9.17, 15) is 4.79 Å². The number of carbonyl (C=O) groups excluding carboxylic acids is 1. The van der Waals surface area contributed by atoms with E-state index in [-0.39, 0.29) is 11.6 Å². The molecule has 2 fully saturated rings. The van der Waals surface area contributed by atoms with Gasteiger partial charge in [-0.2, -0.15) is 0 Å². The van der Waals surface area contributed by atoms with Gasteiger partial charge in [0.25, 0.3) is 0 Å². The fraction of sp³-hybridized carbons (Fsp3) is 0.438. The van der Waals surface area contributed by atoms with Gasteiger partial charge in [-0.25, -0.2) is 4.79 Å². The molecule has 6 nitrogen and oxygen atoms in total. The number of hydrogen-bond acceptors (Lipinski definition) is 6. The van der Waals surface area contributed by atoms with Crippen molar-refractivity contribution in [3.05, 3.63) is 30.3 Å². The molecule has 0 aliphatic carbocycles. The average molecular weight is 330 g/mol. The summed E-state index contributed by atoms with van der Waals surface area (Å²) < 4.78 is 5.28. The SMILES string of the molecule is CCC12COC(=O)N1CCN(c1nnc(-c3ccccc3)s1)C2. The molecule has 0 bridgehead atoms. The minimum atomic E-state index is -0.228. The molecule has 0 saturated carbocycles. The van der Waals surface area contributed by atoms with E-state index in [4.69, 9.17) is 4.74 Å². The van der Waals surface area contributed by atoms with Gasteiger partial charge in [0.1, 0.15) is 11.6 Å². The molecule has 0 N–H and O–H groups in total. The maximum atomic E-state index is 11.9. The van der Waals surface area contributed by atoms with Gasteiger partial charge in [0.15, 0.2) is 0 Å². The molecule has 1 aromatic heterocycles. The summed E-state index contributed by atoms with van der Waals surface area (Å²) >= 11 is 1.60. The van der Waals surface area contributed by atoms with Gasteiger partial charge in [-0.15, -0.1) is 10.2 Å². The van der Waals surface area contributed by atoms with E-state index in [1.807, 2.05) is 35.2 Å². The molecule has 0 spiro atoms. The molecule has 1 aromatic carbocycles. The molecular weight excluding hydrogens is 312 g/mol. The highest BCUT2D eigenvalue weighted by Crippen LogP contribution is 2.36. The van der Waals surface area contributed by atoms with E-state index >= 15 is 0 Å². The van der Waals surface area contributed by atoms with Crippen LogP contribution in [0.1, 0.15) is 13.3 Å². The van der Waals surface area contributed by atoms with Gasteiger partial charge >= 0.3 is 6.09 Å². The lowest BCUT2D eigenvalue weighted by Crippen LogP contribution is -2.61. The number of aromatic nitrogens is 2. The van der Waals surface area contributed by atoms with E-state index in [0.717, 1.165) is 35.2 Å². The number of rotatable bonds is 3.